The number of benzene rings is 1. The predicted octanol–water partition coefficient (Wildman–Crippen LogP) is 3.38. The van der Waals surface area contributed by atoms with Crippen LogP contribution in [0, 0.1) is 18.6 Å². The van der Waals surface area contributed by atoms with E-state index in [-0.39, 0.29) is 5.56 Å². The van der Waals surface area contributed by atoms with Crippen LogP contribution in [0.3, 0.4) is 0 Å². The summed E-state index contributed by atoms with van der Waals surface area (Å²) in [7, 11) is 0. The van der Waals surface area contributed by atoms with Crippen molar-refractivity contribution in [1.82, 2.24) is 0 Å². The van der Waals surface area contributed by atoms with E-state index >= 15 is 0 Å². The van der Waals surface area contributed by atoms with E-state index in [1.807, 2.05) is 18.4 Å². The van der Waals surface area contributed by atoms with E-state index in [1.54, 1.807) is 11.3 Å². The SMILES string of the molecule is Cc1cc(C(N)c2cccc(F)c2F)cs1. The van der Waals surface area contributed by atoms with E-state index in [4.69, 9.17) is 5.73 Å². The van der Waals surface area contributed by atoms with Crippen LogP contribution in [-0.4, -0.2) is 0 Å². The smallest absolute Gasteiger partial charge is 0.163 e. The molecule has 0 saturated heterocycles. The molecule has 4 heteroatoms. The van der Waals surface area contributed by atoms with E-state index in [0.29, 0.717) is 0 Å². The average Bonchev–Trinajstić information content (AvgIpc) is 2.68. The molecule has 1 aromatic carbocycles. The number of hydrogen-bond donors (Lipinski definition) is 1. The molecule has 1 atom stereocenters. The monoisotopic (exact) mass is 239 g/mol. The summed E-state index contributed by atoms with van der Waals surface area (Å²) >= 11 is 1.54. The fraction of sp³-hybridized carbons (Fsp3) is 0.167. The summed E-state index contributed by atoms with van der Waals surface area (Å²) in [5.74, 6) is -1.72. The van der Waals surface area contributed by atoms with Crippen molar-refractivity contribution >= 4 is 11.3 Å². The second-order valence-corrected chi connectivity index (χ2v) is 4.73. The Labute approximate surface area is 96.5 Å². The molecular weight excluding hydrogens is 228 g/mol. The topological polar surface area (TPSA) is 26.0 Å². The van der Waals surface area contributed by atoms with Crippen molar-refractivity contribution in [3.63, 3.8) is 0 Å². The van der Waals surface area contributed by atoms with Crippen LogP contribution in [0.1, 0.15) is 22.0 Å². The summed E-state index contributed by atoms with van der Waals surface area (Å²) < 4.78 is 26.5. The predicted molar refractivity (Wildman–Crippen MR) is 61.4 cm³/mol. The highest BCUT2D eigenvalue weighted by Gasteiger charge is 2.16. The van der Waals surface area contributed by atoms with E-state index in [9.17, 15) is 8.78 Å². The van der Waals surface area contributed by atoms with Crippen LogP contribution in [0.4, 0.5) is 8.78 Å². The van der Waals surface area contributed by atoms with Gasteiger partial charge < -0.3 is 5.73 Å². The van der Waals surface area contributed by atoms with Gasteiger partial charge in [-0.2, -0.15) is 0 Å². The van der Waals surface area contributed by atoms with Gasteiger partial charge >= 0.3 is 0 Å². The normalized spacial score (nSPS) is 12.8. The Morgan fingerprint density at radius 2 is 2.06 bits per heavy atom. The van der Waals surface area contributed by atoms with Crippen molar-refractivity contribution in [3.05, 3.63) is 57.3 Å². The minimum atomic E-state index is -0.862. The Morgan fingerprint density at radius 3 is 2.69 bits per heavy atom. The summed E-state index contributed by atoms with van der Waals surface area (Å²) in [5.41, 5.74) is 6.90. The third-order valence-corrected chi connectivity index (χ3v) is 3.31. The third kappa shape index (κ3) is 1.99. The quantitative estimate of drug-likeness (QED) is 0.854. The molecule has 0 radical (unpaired) electrons. The summed E-state index contributed by atoms with van der Waals surface area (Å²) in [6, 6.07) is 5.34. The zero-order valence-electron chi connectivity index (χ0n) is 8.71. The molecule has 0 aliphatic rings. The second-order valence-electron chi connectivity index (χ2n) is 3.61. The molecule has 0 spiro atoms. The number of halogens is 2. The van der Waals surface area contributed by atoms with Crippen LogP contribution in [0.15, 0.2) is 29.6 Å². The Balaban J connectivity index is 2.41. The summed E-state index contributed by atoms with van der Waals surface area (Å²) in [5, 5.41) is 1.87. The zero-order chi connectivity index (χ0) is 11.7. The van der Waals surface area contributed by atoms with Crippen LogP contribution in [0.2, 0.25) is 0 Å². The van der Waals surface area contributed by atoms with Gasteiger partial charge in [-0.05, 0) is 30.0 Å². The molecule has 1 aromatic heterocycles. The molecule has 84 valence electrons. The zero-order valence-corrected chi connectivity index (χ0v) is 9.52. The minimum absolute atomic E-state index is 0.192. The molecule has 1 heterocycles. The maximum absolute atomic E-state index is 13.5. The van der Waals surface area contributed by atoms with Gasteiger partial charge in [0.25, 0.3) is 0 Å². The Kier molecular flexibility index (Phi) is 3.03. The molecule has 1 unspecified atom stereocenters. The van der Waals surface area contributed by atoms with Crippen LogP contribution < -0.4 is 5.73 Å². The fourth-order valence-corrected chi connectivity index (χ4v) is 2.31. The molecular formula is C12H11F2NS. The largest absolute Gasteiger partial charge is 0.320 e. The molecule has 0 fully saturated rings. The number of thiophene rings is 1. The van der Waals surface area contributed by atoms with Gasteiger partial charge in [-0.3, -0.25) is 0 Å². The number of aryl methyl sites for hydroxylation is 1. The van der Waals surface area contributed by atoms with E-state index in [2.05, 4.69) is 0 Å². The van der Waals surface area contributed by atoms with Crippen LogP contribution >= 0.6 is 11.3 Å². The van der Waals surface area contributed by atoms with Gasteiger partial charge in [0.2, 0.25) is 0 Å². The van der Waals surface area contributed by atoms with Gasteiger partial charge in [-0.1, -0.05) is 12.1 Å². The second kappa shape index (κ2) is 4.31. The van der Waals surface area contributed by atoms with Crippen molar-refractivity contribution in [1.29, 1.82) is 0 Å². The first-order valence-corrected chi connectivity index (χ1v) is 5.72. The lowest BCUT2D eigenvalue weighted by Gasteiger charge is -2.11. The first-order chi connectivity index (χ1) is 7.59. The lowest BCUT2D eigenvalue weighted by molar-refractivity contribution is 0.494. The fourth-order valence-electron chi connectivity index (χ4n) is 1.57. The van der Waals surface area contributed by atoms with Gasteiger partial charge in [0.15, 0.2) is 11.6 Å². The first kappa shape index (κ1) is 11.2. The van der Waals surface area contributed by atoms with Gasteiger partial charge in [0.05, 0.1) is 6.04 Å². The van der Waals surface area contributed by atoms with Crippen molar-refractivity contribution in [2.75, 3.05) is 0 Å². The van der Waals surface area contributed by atoms with Crippen molar-refractivity contribution in [2.45, 2.75) is 13.0 Å². The average molecular weight is 239 g/mol. The standard InChI is InChI=1S/C12H11F2NS/c1-7-5-8(6-16-7)12(15)9-3-2-4-10(13)11(9)14/h2-6,12H,15H2,1H3. The third-order valence-electron chi connectivity index (χ3n) is 2.43. The summed E-state index contributed by atoms with van der Waals surface area (Å²) in [4.78, 5) is 1.10. The molecule has 1 nitrogen and oxygen atoms in total. The molecule has 2 aromatic rings. The number of hydrogen-bond acceptors (Lipinski definition) is 2. The maximum Gasteiger partial charge on any atom is 0.163 e. The van der Waals surface area contributed by atoms with Crippen LogP contribution in [0.25, 0.3) is 0 Å². The Bertz CT molecular complexity index is 507. The maximum atomic E-state index is 13.5. The first-order valence-electron chi connectivity index (χ1n) is 4.84. The highest BCUT2D eigenvalue weighted by molar-refractivity contribution is 7.10. The Morgan fingerprint density at radius 1 is 1.31 bits per heavy atom. The molecule has 0 amide bonds. The van der Waals surface area contributed by atoms with E-state index in [1.165, 1.54) is 12.1 Å². The molecule has 16 heavy (non-hydrogen) atoms. The van der Waals surface area contributed by atoms with Gasteiger partial charge in [-0.25, -0.2) is 8.78 Å². The van der Waals surface area contributed by atoms with Gasteiger partial charge in [0, 0.05) is 10.4 Å². The number of nitrogens with two attached hydrogens (primary N) is 1. The Hall–Kier alpha value is -1.26. The lowest BCUT2D eigenvalue weighted by atomic mass is 10.0. The highest BCUT2D eigenvalue weighted by atomic mass is 32.1. The van der Waals surface area contributed by atoms with Crippen molar-refractivity contribution in [2.24, 2.45) is 5.73 Å². The van der Waals surface area contributed by atoms with Crippen LogP contribution in [-0.2, 0) is 0 Å². The van der Waals surface area contributed by atoms with Crippen molar-refractivity contribution in [3.8, 4) is 0 Å². The molecule has 2 rings (SSSR count). The van der Waals surface area contributed by atoms with Gasteiger partial charge in [-0.15, -0.1) is 11.3 Å². The lowest BCUT2D eigenvalue weighted by Crippen LogP contribution is -2.13. The molecule has 0 saturated carbocycles. The van der Waals surface area contributed by atoms with E-state index < -0.39 is 17.7 Å². The summed E-state index contributed by atoms with van der Waals surface area (Å²) in [6.45, 7) is 1.95. The van der Waals surface area contributed by atoms with Crippen molar-refractivity contribution < 1.29 is 8.78 Å². The van der Waals surface area contributed by atoms with Crippen LogP contribution in [0.5, 0.6) is 0 Å². The van der Waals surface area contributed by atoms with Gasteiger partial charge in [0.1, 0.15) is 0 Å². The highest BCUT2D eigenvalue weighted by Crippen LogP contribution is 2.26. The van der Waals surface area contributed by atoms with E-state index in [0.717, 1.165) is 16.5 Å². The number of rotatable bonds is 2. The molecule has 2 N–H and O–H groups in total. The molecule has 0 aliphatic heterocycles. The summed E-state index contributed by atoms with van der Waals surface area (Å²) in [6.07, 6.45) is 0. The minimum Gasteiger partial charge on any atom is -0.320 e. The molecule has 0 bridgehead atoms. The molecule has 0 aliphatic carbocycles.